The Morgan fingerprint density at radius 3 is 2.79 bits per heavy atom. The van der Waals surface area contributed by atoms with Gasteiger partial charge in [0.15, 0.2) is 0 Å². The molecular formula is C23H22N4O. The SMILES string of the molecule is Cc1cnc(-c2ccccc2)n1C1CCCN(C(=O)c2cccc(C#N)c2)C1. The lowest BCUT2D eigenvalue weighted by molar-refractivity contribution is 0.0679. The predicted octanol–water partition coefficient (Wildman–Crippen LogP) is 4.21. The van der Waals surface area contributed by atoms with E-state index in [4.69, 9.17) is 5.26 Å². The standard InChI is InChI=1S/C23H22N4O/c1-17-15-25-22(19-8-3-2-4-9-19)27(17)21-11-6-12-26(16-21)23(28)20-10-5-7-18(13-20)14-24/h2-5,7-10,13,15,21H,6,11-12,16H2,1H3. The number of rotatable bonds is 3. The number of likely N-dealkylation sites (tertiary alicyclic amines) is 1. The quantitative estimate of drug-likeness (QED) is 0.694. The minimum Gasteiger partial charge on any atom is -0.337 e. The molecule has 0 N–H and O–H groups in total. The maximum Gasteiger partial charge on any atom is 0.253 e. The van der Waals surface area contributed by atoms with Gasteiger partial charge in [-0.05, 0) is 38.0 Å². The van der Waals surface area contributed by atoms with Crippen LogP contribution in [-0.4, -0.2) is 33.4 Å². The summed E-state index contributed by atoms with van der Waals surface area (Å²) in [5, 5.41) is 9.11. The molecular weight excluding hydrogens is 348 g/mol. The molecule has 1 amide bonds. The number of hydrogen-bond acceptors (Lipinski definition) is 3. The summed E-state index contributed by atoms with van der Waals surface area (Å²) in [6.07, 6.45) is 3.86. The van der Waals surface area contributed by atoms with Gasteiger partial charge in [-0.2, -0.15) is 5.26 Å². The van der Waals surface area contributed by atoms with Crippen molar-refractivity contribution >= 4 is 5.91 Å². The van der Waals surface area contributed by atoms with Crippen LogP contribution >= 0.6 is 0 Å². The van der Waals surface area contributed by atoms with Gasteiger partial charge in [-0.1, -0.05) is 36.4 Å². The fourth-order valence-electron chi connectivity index (χ4n) is 3.96. The van der Waals surface area contributed by atoms with Crippen molar-refractivity contribution in [3.05, 3.63) is 77.6 Å². The van der Waals surface area contributed by atoms with E-state index in [1.165, 1.54) is 0 Å². The van der Waals surface area contributed by atoms with Crippen molar-refractivity contribution in [2.24, 2.45) is 0 Å². The Bertz CT molecular complexity index is 1030. The Hall–Kier alpha value is -3.39. The van der Waals surface area contributed by atoms with E-state index in [-0.39, 0.29) is 11.9 Å². The molecule has 2 aromatic carbocycles. The number of benzene rings is 2. The molecule has 1 aliphatic heterocycles. The van der Waals surface area contributed by atoms with E-state index in [0.717, 1.165) is 36.5 Å². The molecule has 0 spiro atoms. The van der Waals surface area contributed by atoms with Crippen LogP contribution in [0.2, 0.25) is 0 Å². The third-order valence-electron chi connectivity index (χ3n) is 5.30. The van der Waals surface area contributed by atoms with Crippen LogP contribution in [0, 0.1) is 18.3 Å². The monoisotopic (exact) mass is 370 g/mol. The van der Waals surface area contributed by atoms with Crippen molar-refractivity contribution < 1.29 is 4.79 Å². The van der Waals surface area contributed by atoms with Crippen molar-refractivity contribution in [3.8, 4) is 17.5 Å². The number of aromatic nitrogens is 2. The number of nitrogens with zero attached hydrogens (tertiary/aromatic N) is 4. The predicted molar refractivity (Wildman–Crippen MR) is 108 cm³/mol. The van der Waals surface area contributed by atoms with E-state index in [2.05, 4.69) is 34.7 Å². The first-order valence-corrected chi connectivity index (χ1v) is 9.56. The van der Waals surface area contributed by atoms with Gasteiger partial charge in [0.2, 0.25) is 0 Å². The lowest BCUT2D eigenvalue weighted by Crippen LogP contribution is -2.41. The van der Waals surface area contributed by atoms with Crippen LogP contribution in [0.3, 0.4) is 0 Å². The molecule has 1 fully saturated rings. The van der Waals surface area contributed by atoms with E-state index in [0.29, 0.717) is 17.7 Å². The van der Waals surface area contributed by atoms with E-state index >= 15 is 0 Å². The van der Waals surface area contributed by atoms with Crippen molar-refractivity contribution in [2.75, 3.05) is 13.1 Å². The molecule has 5 nitrogen and oxygen atoms in total. The second-order valence-electron chi connectivity index (χ2n) is 7.20. The summed E-state index contributed by atoms with van der Waals surface area (Å²) >= 11 is 0. The molecule has 0 saturated carbocycles. The normalized spacial score (nSPS) is 16.6. The Morgan fingerprint density at radius 1 is 1.18 bits per heavy atom. The first-order valence-electron chi connectivity index (χ1n) is 9.56. The molecule has 1 aliphatic rings. The highest BCUT2D eigenvalue weighted by atomic mass is 16.2. The van der Waals surface area contributed by atoms with Crippen LogP contribution < -0.4 is 0 Å². The Morgan fingerprint density at radius 2 is 2.00 bits per heavy atom. The molecule has 1 atom stereocenters. The number of nitriles is 1. The van der Waals surface area contributed by atoms with Gasteiger partial charge in [0.25, 0.3) is 5.91 Å². The Kier molecular flexibility index (Phi) is 4.94. The molecule has 0 aliphatic carbocycles. The average molecular weight is 370 g/mol. The van der Waals surface area contributed by atoms with Crippen LogP contribution in [-0.2, 0) is 0 Å². The van der Waals surface area contributed by atoms with E-state index in [9.17, 15) is 4.79 Å². The van der Waals surface area contributed by atoms with Crippen LogP contribution in [0.15, 0.2) is 60.8 Å². The molecule has 1 unspecified atom stereocenters. The van der Waals surface area contributed by atoms with Crippen LogP contribution in [0.5, 0.6) is 0 Å². The van der Waals surface area contributed by atoms with E-state index < -0.39 is 0 Å². The van der Waals surface area contributed by atoms with Gasteiger partial charge >= 0.3 is 0 Å². The highest BCUT2D eigenvalue weighted by Gasteiger charge is 2.28. The van der Waals surface area contributed by atoms with Gasteiger partial charge < -0.3 is 9.47 Å². The zero-order valence-electron chi connectivity index (χ0n) is 15.9. The van der Waals surface area contributed by atoms with Crippen molar-refractivity contribution in [3.63, 3.8) is 0 Å². The lowest BCUT2D eigenvalue weighted by atomic mass is 10.0. The minimum absolute atomic E-state index is 0.0131. The van der Waals surface area contributed by atoms with Crippen LogP contribution in [0.25, 0.3) is 11.4 Å². The number of amides is 1. The largest absolute Gasteiger partial charge is 0.337 e. The molecule has 28 heavy (non-hydrogen) atoms. The van der Waals surface area contributed by atoms with Crippen LogP contribution in [0.1, 0.15) is 40.5 Å². The number of hydrogen-bond donors (Lipinski definition) is 0. The second-order valence-corrected chi connectivity index (χ2v) is 7.20. The summed E-state index contributed by atoms with van der Waals surface area (Å²) in [6.45, 7) is 3.45. The topological polar surface area (TPSA) is 61.9 Å². The lowest BCUT2D eigenvalue weighted by Gasteiger charge is -2.35. The van der Waals surface area contributed by atoms with Gasteiger partial charge in [0.1, 0.15) is 5.82 Å². The first-order chi connectivity index (χ1) is 13.7. The van der Waals surface area contributed by atoms with E-state index in [1.54, 1.807) is 24.3 Å². The number of carbonyl (C=O) groups excluding carboxylic acids is 1. The first kappa shape index (κ1) is 18.0. The highest BCUT2D eigenvalue weighted by Crippen LogP contribution is 2.30. The summed E-state index contributed by atoms with van der Waals surface area (Å²) in [5.41, 5.74) is 3.27. The zero-order chi connectivity index (χ0) is 19.5. The smallest absolute Gasteiger partial charge is 0.253 e. The molecule has 0 bridgehead atoms. The number of aryl methyl sites for hydroxylation is 1. The summed E-state index contributed by atoms with van der Waals surface area (Å²) in [7, 11) is 0. The minimum atomic E-state index is -0.0131. The third kappa shape index (κ3) is 3.41. The fourth-order valence-corrected chi connectivity index (χ4v) is 3.96. The summed E-state index contributed by atoms with van der Waals surface area (Å²) in [6, 6.07) is 19.4. The van der Waals surface area contributed by atoms with Gasteiger partial charge in [-0.25, -0.2) is 4.98 Å². The zero-order valence-corrected chi connectivity index (χ0v) is 15.9. The molecule has 1 saturated heterocycles. The van der Waals surface area contributed by atoms with Gasteiger partial charge in [-0.15, -0.1) is 0 Å². The third-order valence-corrected chi connectivity index (χ3v) is 5.30. The van der Waals surface area contributed by atoms with Gasteiger partial charge in [0, 0.05) is 36.1 Å². The number of imidazole rings is 1. The summed E-state index contributed by atoms with van der Waals surface area (Å²) in [5.74, 6) is 0.935. The van der Waals surface area contributed by atoms with Gasteiger partial charge in [-0.3, -0.25) is 4.79 Å². The average Bonchev–Trinajstić information content (AvgIpc) is 3.15. The fraction of sp³-hybridized carbons (Fsp3) is 0.261. The van der Waals surface area contributed by atoms with Crippen LogP contribution in [0.4, 0.5) is 0 Å². The van der Waals surface area contributed by atoms with Crippen molar-refractivity contribution in [1.29, 1.82) is 5.26 Å². The maximum absolute atomic E-state index is 13.0. The molecule has 4 rings (SSSR count). The number of piperidine rings is 1. The molecule has 140 valence electrons. The second kappa shape index (κ2) is 7.69. The van der Waals surface area contributed by atoms with E-state index in [1.807, 2.05) is 29.3 Å². The summed E-state index contributed by atoms with van der Waals surface area (Å²) < 4.78 is 2.26. The van der Waals surface area contributed by atoms with Crippen molar-refractivity contribution in [2.45, 2.75) is 25.8 Å². The Labute approximate surface area is 164 Å². The maximum atomic E-state index is 13.0. The van der Waals surface area contributed by atoms with Crippen molar-refractivity contribution in [1.82, 2.24) is 14.5 Å². The molecule has 3 aromatic rings. The Balaban J connectivity index is 1.61. The number of carbonyl (C=O) groups is 1. The summed E-state index contributed by atoms with van der Waals surface area (Å²) in [4.78, 5) is 19.6. The molecule has 2 heterocycles. The highest BCUT2D eigenvalue weighted by molar-refractivity contribution is 5.94. The molecule has 1 aromatic heterocycles. The van der Waals surface area contributed by atoms with Gasteiger partial charge in [0.05, 0.1) is 17.7 Å². The molecule has 5 heteroatoms. The molecule has 0 radical (unpaired) electrons.